The monoisotopic (exact) mass is 321 g/mol. The van der Waals surface area contributed by atoms with Gasteiger partial charge in [-0.2, -0.15) is 0 Å². The highest BCUT2D eigenvalue weighted by Gasteiger charge is 2.22. The average Bonchev–Trinajstić information content (AvgIpc) is 2.61. The molecule has 0 fully saturated rings. The second kappa shape index (κ2) is 5.71. The Morgan fingerprint density at radius 3 is 2.67 bits per heavy atom. The molecule has 0 saturated carbocycles. The zero-order valence-electron chi connectivity index (χ0n) is 13.8. The normalized spacial score (nSPS) is 13.7. The van der Waals surface area contributed by atoms with Gasteiger partial charge in [0.2, 0.25) is 0 Å². The largest absolute Gasteiger partial charge is 0.473 e. The Balaban J connectivity index is 1.78. The summed E-state index contributed by atoms with van der Waals surface area (Å²) in [6.07, 6.45) is 1.02. The molecule has 1 aromatic heterocycles. The minimum atomic E-state index is -0.321. The molecule has 1 aliphatic rings. The number of nitrogens with zero attached hydrogens (tertiary/aromatic N) is 1. The third-order valence-electron chi connectivity index (χ3n) is 4.61. The lowest BCUT2D eigenvalue weighted by molar-refractivity contribution is 0.289. The van der Waals surface area contributed by atoms with Gasteiger partial charge in [0.1, 0.15) is 11.3 Å². The van der Waals surface area contributed by atoms with Crippen LogP contribution in [-0.4, -0.2) is 6.73 Å². The lowest BCUT2D eigenvalue weighted by Crippen LogP contribution is -2.32. The summed E-state index contributed by atoms with van der Waals surface area (Å²) in [5, 5.41) is 0.958. The standard InChI is InChI=1S/C20H19NO3/c1-3-14-4-6-15(7-5-14)21-11-17-18(23-12-21)9-8-16-13(2)10-19(22)24-20(16)17/h4-10H,3,11-12H2,1-2H3. The fourth-order valence-electron chi connectivity index (χ4n) is 3.20. The number of fused-ring (bicyclic) bond motifs is 3. The van der Waals surface area contributed by atoms with Crippen molar-refractivity contribution in [3.63, 3.8) is 0 Å². The van der Waals surface area contributed by atoms with Crippen molar-refractivity contribution in [3.8, 4) is 5.75 Å². The molecule has 2 heterocycles. The Morgan fingerprint density at radius 1 is 1.12 bits per heavy atom. The molecule has 0 amide bonds. The van der Waals surface area contributed by atoms with Crippen LogP contribution in [0.25, 0.3) is 11.0 Å². The van der Waals surface area contributed by atoms with Gasteiger partial charge in [0.05, 0.1) is 12.1 Å². The van der Waals surface area contributed by atoms with Crippen LogP contribution in [0.1, 0.15) is 23.6 Å². The zero-order valence-corrected chi connectivity index (χ0v) is 13.8. The average molecular weight is 321 g/mol. The van der Waals surface area contributed by atoms with Gasteiger partial charge in [-0.05, 0) is 48.7 Å². The number of hydrogen-bond acceptors (Lipinski definition) is 4. The number of anilines is 1. The fourth-order valence-corrected chi connectivity index (χ4v) is 3.20. The van der Waals surface area contributed by atoms with E-state index in [0.29, 0.717) is 18.9 Å². The number of ether oxygens (including phenoxy) is 1. The molecule has 0 unspecified atom stereocenters. The van der Waals surface area contributed by atoms with Crippen molar-refractivity contribution in [1.82, 2.24) is 0 Å². The van der Waals surface area contributed by atoms with Gasteiger partial charge in [0.25, 0.3) is 0 Å². The third-order valence-corrected chi connectivity index (χ3v) is 4.61. The molecule has 24 heavy (non-hydrogen) atoms. The maximum absolute atomic E-state index is 11.8. The number of rotatable bonds is 2. The molecule has 0 saturated heterocycles. The van der Waals surface area contributed by atoms with Gasteiger partial charge in [-0.25, -0.2) is 4.79 Å². The summed E-state index contributed by atoms with van der Waals surface area (Å²) in [6.45, 7) is 5.22. The predicted octanol–water partition coefficient (Wildman–Crippen LogP) is 4.02. The van der Waals surface area contributed by atoms with E-state index in [4.69, 9.17) is 9.15 Å². The minimum absolute atomic E-state index is 0.321. The number of benzene rings is 2. The van der Waals surface area contributed by atoms with E-state index in [1.165, 1.54) is 11.6 Å². The quantitative estimate of drug-likeness (QED) is 0.669. The first-order chi connectivity index (χ1) is 11.7. The Labute approximate surface area is 140 Å². The Bertz CT molecular complexity index is 957. The summed E-state index contributed by atoms with van der Waals surface area (Å²) in [4.78, 5) is 13.9. The van der Waals surface area contributed by atoms with Crippen LogP contribution >= 0.6 is 0 Å². The lowest BCUT2D eigenvalue weighted by atomic mass is 10.0. The molecule has 1 aliphatic heterocycles. The maximum atomic E-state index is 11.8. The van der Waals surface area contributed by atoms with Crippen molar-refractivity contribution in [2.45, 2.75) is 26.8 Å². The van der Waals surface area contributed by atoms with E-state index in [1.807, 2.05) is 19.1 Å². The maximum Gasteiger partial charge on any atom is 0.336 e. The van der Waals surface area contributed by atoms with Crippen LogP contribution in [0.15, 0.2) is 51.7 Å². The van der Waals surface area contributed by atoms with Crippen LogP contribution in [0.3, 0.4) is 0 Å². The molecular formula is C20H19NO3. The summed E-state index contributed by atoms with van der Waals surface area (Å²) in [6, 6.07) is 13.9. The van der Waals surface area contributed by atoms with Crippen LogP contribution in [0.5, 0.6) is 5.75 Å². The van der Waals surface area contributed by atoms with Crippen molar-refractivity contribution in [3.05, 3.63) is 69.6 Å². The van der Waals surface area contributed by atoms with Crippen molar-refractivity contribution in [1.29, 1.82) is 0 Å². The molecule has 0 N–H and O–H groups in total. The summed E-state index contributed by atoms with van der Waals surface area (Å²) in [5.41, 5.74) is 4.58. The van der Waals surface area contributed by atoms with Gasteiger partial charge >= 0.3 is 5.63 Å². The molecule has 0 spiro atoms. The summed E-state index contributed by atoms with van der Waals surface area (Å²) < 4.78 is 11.4. The van der Waals surface area contributed by atoms with E-state index >= 15 is 0 Å². The highest BCUT2D eigenvalue weighted by Crippen LogP contribution is 2.34. The minimum Gasteiger partial charge on any atom is -0.473 e. The first-order valence-corrected chi connectivity index (χ1v) is 8.18. The van der Waals surface area contributed by atoms with Crippen LogP contribution in [-0.2, 0) is 13.0 Å². The van der Waals surface area contributed by atoms with Crippen molar-refractivity contribution in [2.75, 3.05) is 11.6 Å². The van der Waals surface area contributed by atoms with Gasteiger partial charge < -0.3 is 14.1 Å². The molecule has 0 atom stereocenters. The summed E-state index contributed by atoms with van der Waals surface area (Å²) in [5.74, 6) is 0.790. The van der Waals surface area contributed by atoms with Crippen LogP contribution in [0.2, 0.25) is 0 Å². The predicted molar refractivity (Wildman–Crippen MR) is 94.7 cm³/mol. The first-order valence-electron chi connectivity index (χ1n) is 8.18. The molecular weight excluding hydrogens is 302 g/mol. The van der Waals surface area contributed by atoms with Gasteiger partial charge in [0, 0.05) is 17.1 Å². The molecule has 122 valence electrons. The Kier molecular flexibility index (Phi) is 3.53. The van der Waals surface area contributed by atoms with Crippen molar-refractivity contribution in [2.24, 2.45) is 0 Å². The summed E-state index contributed by atoms with van der Waals surface area (Å²) >= 11 is 0. The molecule has 0 radical (unpaired) electrons. The molecule has 0 aliphatic carbocycles. The van der Waals surface area contributed by atoms with Gasteiger partial charge in [0.15, 0.2) is 6.73 Å². The van der Waals surface area contributed by atoms with E-state index < -0.39 is 0 Å². The smallest absolute Gasteiger partial charge is 0.336 e. The zero-order chi connectivity index (χ0) is 16.7. The van der Waals surface area contributed by atoms with Gasteiger partial charge in [-0.3, -0.25) is 0 Å². The van der Waals surface area contributed by atoms with E-state index in [1.54, 1.807) is 0 Å². The van der Waals surface area contributed by atoms with Crippen molar-refractivity contribution < 1.29 is 9.15 Å². The number of aryl methyl sites for hydroxylation is 2. The van der Waals surface area contributed by atoms with Crippen LogP contribution in [0.4, 0.5) is 5.69 Å². The van der Waals surface area contributed by atoms with Crippen molar-refractivity contribution >= 4 is 16.7 Å². The molecule has 4 nitrogen and oxygen atoms in total. The second-order valence-electron chi connectivity index (χ2n) is 6.16. The molecule has 4 heteroatoms. The molecule has 3 aromatic rings. The topological polar surface area (TPSA) is 42.7 Å². The molecule has 0 bridgehead atoms. The Morgan fingerprint density at radius 2 is 1.92 bits per heavy atom. The lowest BCUT2D eigenvalue weighted by Gasteiger charge is -2.31. The SMILES string of the molecule is CCc1ccc(N2COc3ccc4c(C)cc(=O)oc4c3C2)cc1. The first kappa shape index (κ1) is 14.8. The molecule has 2 aromatic carbocycles. The number of hydrogen-bond donors (Lipinski definition) is 0. The van der Waals surface area contributed by atoms with E-state index in [-0.39, 0.29) is 5.63 Å². The highest BCUT2D eigenvalue weighted by molar-refractivity contribution is 5.85. The fraction of sp³-hybridized carbons (Fsp3) is 0.250. The van der Waals surface area contributed by atoms with Gasteiger partial charge in [-0.15, -0.1) is 0 Å². The second-order valence-corrected chi connectivity index (χ2v) is 6.16. The molecule has 4 rings (SSSR count). The Hall–Kier alpha value is -2.75. The van der Waals surface area contributed by atoms with Gasteiger partial charge in [-0.1, -0.05) is 19.1 Å². The van der Waals surface area contributed by atoms with E-state index in [2.05, 4.69) is 36.1 Å². The third kappa shape index (κ3) is 2.44. The van der Waals surface area contributed by atoms with Crippen LogP contribution in [0, 0.1) is 6.92 Å². The summed E-state index contributed by atoms with van der Waals surface area (Å²) in [7, 11) is 0. The van der Waals surface area contributed by atoms with E-state index in [0.717, 1.165) is 34.4 Å². The highest BCUT2D eigenvalue weighted by atomic mass is 16.5. The van der Waals surface area contributed by atoms with Crippen LogP contribution < -0.4 is 15.3 Å². The van der Waals surface area contributed by atoms with E-state index in [9.17, 15) is 4.79 Å².